The summed E-state index contributed by atoms with van der Waals surface area (Å²) in [6.45, 7) is 2.85. The molecule has 136 valence electrons. The largest absolute Gasteiger partial charge is 0.363 e. The highest BCUT2D eigenvalue weighted by Gasteiger charge is 2.22. The van der Waals surface area contributed by atoms with E-state index in [9.17, 15) is 0 Å². The van der Waals surface area contributed by atoms with Crippen LogP contribution >= 0.6 is 22.7 Å². The smallest absolute Gasteiger partial charge is 0.164 e. The van der Waals surface area contributed by atoms with Gasteiger partial charge in [-0.2, -0.15) is 0 Å². The second-order valence-corrected chi connectivity index (χ2v) is 8.89. The normalized spacial score (nSPS) is 13.2. The lowest BCUT2D eigenvalue weighted by Crippen LogP contribution is -2.04. The average molecular weight is 394 g/mol. The first-order valence-corrected chi connectivity index (χ1v) is 10.8. The number of rotatable bonds is 5. The number of thiophene rings is 1. The van der Waals surface area contributed by atoms with Crippen molar-refractivity contribution in [2.24, 2.45) is 0 Å². The number of fused-ring (bicyclic) bond motifs is 3. The van der Waals surface area contributed by atoms with Gasteiger partial charge in [-0.25, -0.2) is 15.0 Å². The summed E-state index contributed by atoms with van der Waals surface area (Å²) in [7, 11) is 0. The number of anilines is 1. The standard InChI is InChI=1S/C20H19N5S2/c1-2-13-10-22-16(26-13)11-23-19-17-14-6-3-7-15(14)27-20(17)25-18(24-19)12-5-4-8-21-9-12/h4-5,8-10H,2-3,6-7,11H2,1H3,(H,23,24,25). The summed E-state index contributed by atoms with van der Waals surface area (Å²) in [6, 6.07) is 3.93. The van der Waals surface area contributed by atoms with E-state index in [1.165, 1.54) is 27.1 Å². The lowest BCUT2D eigenvalue weighted by Gasteiger charge is -2.09. The fourth-order valence-electron chi connectivity index (χ4n) is 3.50. The van der Waals surface area contributed by atoms with Gasteiger partial charge in [0.05, 0.1) is 11.9 Å². The van der Waals surface area contributed by atoms with E-state index in [1.807, 2.05) is 35.9 Å². The molecule has 0 aliphatic heterocycles. The maximum Gasteiger partial charge on any atom is 0.164 e. The lowest BCUT2D eigenvalue weighted by atomic mass is 10.2. The predicted molar refractivity (Wildman–Crippen MR) is 111 cm³/mol. The molecule has 0 amide bonds. The Morgan fingerprint density at radius 2 is 2.11 bits per heavy atom. The van der Waals surface area contributed by atoms with Crippen molar-refractivity contribution in [2.45, 2.75) is 39.2 Å². The molecule has 0 spiro atoms. The number of pyridine rings is 1. The van der Waals surface area contributed by atoms with Crippen LogP contribution in [0.4, 0.5) is 5.82 Å². The summed E-state index contributed by atoms with van der Waals surface area (Å²) in [5.41, 5.74) is 2.38. The summed E-state index contributed by atoms with van der Waals surface area (Å²) < 4.78 is 0. The molecule has 5 rings (SSSR count). The van der Waals surface area contributed by atoms with E-state index in [-0.39, 0.29) is 0 Å². The number of nitrogens with one attached hydrogen (secondary N) is 1. The Bertz CT molecular complexity index is 1100. The van der Waals surface area contributed by atoms with Gasteiger partial charge in [0.15, 0.2) is 5.82 Å². The summed E-state index contributed by atoms with van der Waals surface area (Å²) in [5, 5.41) is 5.84. The van der Waals surface area contributed by atoms with Gasteiger partial charge >= 0.3 is 0 Å². The van der Waals surface area contributed by atoms with Crippen LogP contribution in [0.15, 0.2) is 30.7 Å². The Hall–Kier alpha value is -2.38. The molecule has 4 aromatic rings. The fraction of sp³-hybridized carbons (Fsp3) is 0.300. The molecular formula is C20H19N5S2. The number of hydrogen-bond acceptors (Lipinski definition) is 7. The number of nitrogens with zero attached hydrogens (tertiary/aromatic N) is 4. The zero-order valence-corrected chi connectivity index (χ0v) is 16.7. The number of thiazole rings is 1. The molecular weight excluding hydrogens is 374 g/mol. The first-order chi connectivity index (χ1) is 13.3. The molecule has 0 atom stereocenters. The van der Waals surface area contributed by atoms with E-state index in [0.29, 0.717) is 6.54 Å². The molecule has 4 aromatic heterocycles. The third-order valence-electron chi connectivity index (χ3n) is 4.84. The lowest BCUT2D eigenvalue weighted by molar-refractivity contribution is 0.917. The zero-order valence-electron chi connectivity index (χ0n) is 15.0. The van der Waals surface area contributed by atoms with Crippen molar-refractivity contribution in [1.29, 1.82) is 0 Å². The van der Waals surface area contributed by atoms with Crippen molar-refractivity contribution >= 4 is 38.7 Å². The van der Waals surface area contributed by atoms with Crippen molar-refractivity contribution in [3.05, 3.63) is 51.0 Å². The molecule has 7 heteroatoms. The van der Waals surface area contributed by atoms with E-state index in [0.717, 1.165) is 46.3 Å². The van der Waals surface area contributed by atoms with E-state index in [2.05, 4.69) is 22.2 Å². The van der Waals surface area contributed by atoms with Crippen molar-refractivity contribution < 1.29 is 0 Å². The van der Waals surface area contributed by atoms with Gasteiger partial charge < -0.3 is 5.32 Å². The third kappa shape index (κ3) is 3.11. The maximum absolute atomic E-state index is 4.88. The van der Waals surface area contributed by atoms with Gasteiger partial charge in [0.1, 0.15) is 15.7 Å². The summed E-state index contributed by atoms with van der Waals surface area (Å²) >= 11 is 3.58. The number of hydrogen-bond donors (Lipinski definition) is 1. The third-order valence-corrected chi connectivity index (χ3v) is 7.17. The Kier molecular flexibility index (Phi) is 4.33. The fourth-order valence-corrected chi connectivity index (χ4v) is 5.56. The van der Waals surface area contributed by atoms with E-state index >= 15 is 0 Å². The molecule has 0 saturated carbocycles. The molecule has 0 unspecified atom stereocenters. The van der Waals surface area contributed by atoms with Crippen LogP contribution in [0.2, 0.25) is 0 Å². The molecule has 0 fully saturated rings. The van der Waals surface area contributed by atoms with Crippen molar-refractivity contribution in [3.8, 4) is 11.4 Å². The van der Waals surface area contributed by atoms with Gasteiger partial charge in [-0.05, 0) is 43.4 Å². The molecule has 27 heavy (non-hydrogen) atoms. The minimum absolute atomic E-state index is 0.688. The quantitative estimate of drug-likeness (QED) is 0.524. The monoisotopic (exact) mass is 393 g/mol. The molecule has 0 saturated heterocycles. The molecule has 5 nitrogen and oxygen atoms in total. The Morgan fingerprint density at radius 1 is 1.15 bits per heavy atom. The van der Waals surface area contributed by atoms with E-state index < -0.39 is 0 Å². The van der Waals surface area contributed by atoms with Crippen molar-refractivity contribution in [2.75, 3.05) is 5.32 Å². The maximum atomic E-state index is 4.88. The SMILES string of the molecule is CCc1cnc(CNc2nc(-c3cccnc3)nc3sc4c(c23)CCC4)s1. The molecule has 1 aliphatic carbocycles. The molecule has 1 N–H and O–H groups in total. The van der Waals surface area contributed by atoms with Crippen LogP contribution in [-0.4, -0.2) is 19.9 Å². The van der Waals surface area contributed by atoms with Gasteiger partial charge in [0.2, 0.25) is 0 Å². The van der Waals surface area contributed by atoms with Crippen LogP contribution in [0, 0.1) is 0 Å². The zero-order chi connectivity index (χ0) is 18.2. The van der Waals surface area contributed by atoms with Crippen LogP contribution in [0.3, 0.4) is 0 Å². The highest BCUT2D eigenvalue weighted by molar-refractivity contribution is 7.19. The topological polar surface area (TPSA) is 63.6 Å². The second-order valence-electron chi connectivity index (χ2n) is 6.60. The summed E-state index contributed by atoms with van der Waals surface area (Å²) in [4.78, 5) is 22.3. The predicted octanol–water partition coefficient (Wildman–Crippen LogP) is 4.87. The molecule has 0 radical (unpaired) electrons. The molecule has 0 bridgehead atoms. The van der Waals surface area contributed by atoms with Crippen LogP contribution < -0.4 is 5.32 Å². The average Bonchev–Trinajstić information content (AvgIpc) is 3.42. The highest BCUT2D eigenvalue weighted by atomic mass is 32.1. The van der Waals surface area contributed by atoms with Crippen molar-refractivity contribution in [3.63, 3.8) is 0 Å². The number of aromatic nitrogens is 4. The van der Waals surface area contributed by atoms with E-state index in [1.54, 1.807) is 17.5 Å². The first kappa shape index (κ1) is 16.8. The van der Waals surface area contributed by atoms with Gasteiger partial charge in [-0.15, -0.1) is 22.7 Å². The minimum Gasteiger partial charge on any atom is -0.363 e. The van der Waals surface area contributed by atoms with Crippen LogP contribution in [-0.2, 0) is 25.8 Å². The van der Waals surface area contributed by atoms with E-state index in [4.69, 9.17) is 9.97 Å². The molecule has 0 aromatic carbocycles. The van der Waals surface area contributed by atoms with Crippen molar-refractivity contribution in [1.82, 2.24) is 19.9 Å². The van der Waals surface area contributed by atoms with Gasteiger partial charge in [0, 0.05) is 33.9 Å². The highest BCUT2D eigenvalue weighted by Crippen LogP contribution is 2.40. The molecule has 1 aliphatic rings. The van der Waals surface area contributed by atoms with Gasteiger partial charge in [-0.3, -0.25) is 4.98 Å². The Balaban J connectivity index is 1.57. The summed E-state index contributed by atoms with van der Waals surface area (Å²) in [5.74, 6) is 1.65. The number of aryl methyl sites for hydroxylation is 3. The summed E-state index contributed by atoms with van der Waals surface area (Å²) in [6.07, 6.45) is 10.1. The van der Waals surface area contributed by atoms with Crippen LogP contribution in [0.1, 0.15) is 33.7 Å². The van der Waals surface area contributed by atoms with Crippen LogP contribution in [0.25, 0.3) is 21.6 Å². The Morgan fingerprint density at radius 3 is 2.93 bits per heavy atom. The van der Waals surface area contributed by atoms with Gasteiger partial charge in [-0.1, -0.05) is 6.92 Å². The Labute approximate surface area is 165 Å². The first-order valence-electron chi connectivity index (χ1n) is 9.22. The second kappa shape index (κ2) is 6.98. The minimum atomic E-state index is 0.688. The van der Waals surface area contributed by atoms with Gasteiger partial charge in [0.25, 0.3) is 0 Å². The van der Waals surface area contributed by atoms with Crippen LogP contribution in [0.5, 0.6) is 0 Å². The molecule has 4 heterocycles.